The number of aromatic nitrogens is 3. The van der Waals surface area contributed by atoms with Crippen molar-refractivity contribution >= 4 is 5.91 Å². The second-order valence-corrected chi connectivity index (χ2v) is 8.61. The summed E-state index contributed by atoms with van der Waals surface area (Å²) in [4.78, 5) is 13.0. The molecule has 180 valence electrons. The minimum atomic E-state index is -0.439. The van der Waals surface area contributed by atoms with E-state index in [1.54, 1.807) is 11.6 Å². The van der Waals surface area contributed by atoms with Crippen LogP contribution in [0, 0.1) is 6.92 Å². The molecule has 1 aromatic heterocycles. The molecule has 7 nitrogen and oxygen atoms in total. The average molecular weight is 471 g/mol. The number of benzene rings is 3. The molecule has 1 unspecified atom stereocenters. The molecule has 3 N–H and O–H groups in total. The van der Waals surface area contributed by atoms with Crippen LogP contribution in [0.5, 0.6) is 0 Å². The number of amides is 1. The lowest BCUT2D eigenvalue weighted by atomic mass is 9.91. The molecule has 0 saturated carbocycles. The minimum absolute atomic E-state index is 0.0232. The van der Waals surface area contributed by atoms with Crippen LogP contribution in [0.2, 0.25) is 0 Å². The molecule has 35 heavy (non-hydrogen) atoms. The third kappa shape index (κ3) is 5.82. The fourth-order valence-corrected chi connectivity index (χ4v) is 4.28. The standard InChI is InChI=1S/C28H30N4O3/c1-20-27(28(35)29-24(19-34)17-22-12-6-3-7-13-22)30-31-32(20)26-15-9-8-14-25(26)23(18-33)16-21-10-4-2-5-11-21/h2-15,23-24,33-34H,16-19H2,1H3,(H,29,35)/t23?,24-/m0/s1. The van der Waals surface area contributed by atoms with Crippen LogP contribution in [0.25, 0.3) is 5.69 Å². The largest absolute Gasteiger partial charge is 0.396 e. The highest BCUT2D eigenvalue weighted by molar-refractivity contribution is 5.93. The zero-order valence-corrected chi connectivity index (χ0v) is 19.7. The minimum Gasteiger partial charge on any atom is -0.396 e. The molecule has 0 bridgehead atoms. The van der Waals surface area contributed by atoms with Gasteiger partial charge >= 0.3 is 0 Å². The predicted octanol–water partition coefficient (Wildman–Crippen LogP) is 3.23. The Labute approximate surface area is 205 Å². The van der Waals surface area contributed by atoms with Gasteiger partial charge in [-0.15, -0.1) is 5.10 Å². The van der Waals surface area contributed by atoms with E-state index < -0.39 is 6.04 Å². The van der Waals surface area contributed by atoms with E-state index in [1.807, 2.05) is 84.9 Å². The lowest BCUT2D eigenvalue weighted by Gasteiger charge is -2.19. The normalized spacial score (nSPS) is 12.8. The number of nitrogens with one attached hydrogen (secondary N) is 1. The third-order valence-electron chi connectivity index (χ3n) is 6.14. The van der Waals surface area contributed by atoms with E-state index in [-0.39, 0.29) is 30.7 Å². The van der Waals surface area contributed by atoms with Crippen molar-refractivity contribution in [2.75, 3.05) is 13.2 Å². The van der Waals surface area contributed by atoms with E-state index in [2.05, 4.69) is 15.6 Å². The molecule has 0 aliphatic heterocycles. The maximum Gasteiger partial charge on any atom is 0.274 e. The predicted molar refractivity (Wildman–Crippen MR) is 135 cm³/mol. The zero-order valence-electron chi connectivity index (χ0n) is 19.7. The van der Waals surface area contributed by atoms with E-state index >= 15 is 0 Å². The maximum absolute atomic E-state index is 13.0. The first-order chi connectivity index (χ1) is 17.1. The van der Waals surface area contributed by atoms with Crippen LogP contribution in [0.3, 0.4) is 0 Å². The van der Waals surface area contributed by atoms with Crippen molar-refractivity contribution in [3.8, 4) is 5.69 Å². The highest BCUT2D eigenvalue weighted by Crippen LogP contribution is 2.27. The van der Waals surface area contributed by atoms with E-state index in [0.717, 1.165) is 22.4 Å². The second-order valence-electron chi connectivity index (χ2n) is 8.61. The van der Waals surface area contributed by atoms with Crippen LogP contribution >= 0.6 is 0 Å². The van der Waals surface area contributed by atoms with Crippen LogP contribution in [0.4, 0.5) is 0 Å². The number of aliphatic hydroxyl groups excluding tert-OH is 2. The number of carbonyl (C=O) groups excluding carboxylic acids is 1. The quantitative estimate of drug-likeness (QED) is 0.330. The van der Waals surface area contributed by atoms with Crippen molar-refractivity contribution in [2.45, 2.75) is 31.7 Å². The Balaban J connectivity index is 1.56. The van der Waals surface area contributed by atoms with E-state index in [9.17, 15) is 15.0 Å². The van der Waals surface area contributed by atoms with Crippen LogP contribution in [-0.4, -0.2) is 50.4 Å². The third-order valence-corrected chi connectivity index (χ3v) is 6.14. The maximum atomic E-state index is 13.0. The zero-order chi connectivity index (χ0) is 24.6. The molecule has 4 aromatic rings. The van der Waals surface area contributed by atoms with E-state index in [1.165, 1.54) is 0 Å². The van der Waals surface area contributed by atoms with Crippen molar-refractivity contribution in [1.82, 2.24) is 20.3 Å². The van der Waals surface area contributed by atoms with Crippen LogP contribution in [-0.2, 0) is 12.8 Å². The number of hydrogen-bond acceptors (Lipinski definition) is 5. The first-order valence-corrected chi connectivity index (χ1v) is 11.7. The summed E-state index contributed by atoms with van der Waals surface area (Å²) in [5.74, 6) is -0.525. The average Bonchev–Trinajstić information content (AvgIpc) is 3.29. The van der Waals surface area contributed by atoms with Crippen molar-refractivity contribution in [2.24, 2.45) is 0 Å². The molecule has 0 fully saturated rings. The summed E-state index contributed by atoms with van der Waals surface area (Å²) in [6, 6.07) is 27.0. The molecule has 1 amide bonds. The van der Waals surface area contributed by atoms with Gasteiger partial charge in [0, 0.05) is 5.92 Å². The molecular weight excluding hydrogens is 440 g/mol. The van der Waals surface area contributed by atoms with Gasteiger partial charge in [-0.25, -0.2) is 4.68 Å². The Morgan fingerprint density at radius 3 is 2.09 bits per heavy atom. The smallest absolute Gasteiger partial charge is 0.274 e. The molecular formula is C28H30N4O3. The number of para-hydroxylation sites is 1. The van der Waals surface area contributed by atoms with Gasteiger partial charge in [0.2, 0.25) is 0 Å². The number of aliphatic hydroxyl groups is 2. The SMILES string of the molecule is Cc1c(C(=O)N[C@H](CO)Cc2ccccc2)nnn1-c1ccccc1C(CO)Cc1ccccc1. The number of nitrogens with zero attached hydrogens (tertiary/aromatic N) is 3. The first kappa shape index (κ1) is 24.3. The van der Waals surface area contributed by atoms with Gasteiger partial charge < -0.3 is 15.5 Å². The fraction of sp³-hybridized carbons (Fsp3) is 0.250. The molecule has 7 heteroatoms. The second kappa shape index (κ2) is 11.6. The Morgan fingerprint density at radius 1 is 0.857 bits per heavy atom. The monoisotopic (exact) mass is 470 g/mol. The number of rotatable bonds is 10. The Bertz CT molecular complexity index is 1240. The molecule has 1 heterocycles. The van der Waals surface area contributed by atoms with Crippen molar-refractivity contribution in [3.05, 3.63) is 113 Å². The fourth-order valence-electron chi connectivity index (χ4n) is 4.28. The van der Waals surface area contributed by atoms with Crippen molar-refractivity contribution in [1.29, 1.82) is 0 Å². The summed E-state index contributed by atoms with van der Waals surface area (Å²) in [5, 5.41) is 31.3. The highest BCUT2D eigenvalue weighted by Gasteiger charge is 2.23. The molecule has 2 atom stereocenters. The van der Waals surface area contributed by atoms with Gasteiger partial charge in [-0.2, -0.15) is 0 Å². The highest BCUT2D eigenvalue weighted by atomic mass is 16.3. The number of carbonyl (C=O) groups is 1. The summed E-state index contributed by atoms with van der Waals surface area (Å²) in [7, 11) is 0. The van der Waals surface area contributed by atoms with Gasteiger partial charge in [0.1, 0.15) is 0 Å². The molecule has 0 aliphatic rings. The summed E-state index contributed by atoms with van der Waals surface area (Å²) in [5.41, 5.74) is 4.64. The van der Waals surface area contributed by atoms with E-state index in [0.29, 0.717) is 18.5 Å². The van der Waals surface area contributed by atoms with Crippen LogP contribution in [0.15, 0.2) is 84.9 Å². The molecule has 0 radical (unpaired) electrons. The summed E-state index contributed by atoms with van der Waals surface area (Å²) in [6.07, 6.45) is 1.18. The van der Waals surface area contributed by atoms with Gasteiger partial charge in [-0.3, -0.25) is 4.79 Å². The Hall–Kier alpha value is -3.81. The van der Waals surface area contributed by atoms with Crippen molar-refractivity contribution < 1.29 is 15.0 Å². The lowest BCUT2D eigenvalue weighted by molar-refractivity contribution is 0.0910. The lowest BCUT2D eigenvalue weighted by Crippen LogP contribution is -2.39. The van der Waals surface area contributed by atoms with Gasteiger partial charge in [0.05, 0.1) is 30.6 Å². The molecule has 0 aliphatic carbocycles. The summed E-state index contributed by atoms with van der Waals surface area (Å²) < 4.78 is 1.64. The van der Waals surface area contributed by atoms with Gasteiger partial charge in [-0.1, -0.05) is 84.1 Å². The number of hydrogen-bond donors (Lipinski definition) is 3. The molecule has 4 rings (SSSR count). The molecule has 0 spiro atoms. The topological polar surface area (TPSA) is 100 Å². The molecule has 0 saturated heterocycles. The van der Waals surface area contributed by atoms with Gasteiger partial charge in [0.15, 0.2) is 5.69 Å². The first-order valence-electron chi connectivity index (χ1n) is 11.7. The Kier molecular flexibility index (Phi) is 8.03. The van der Waals surface area contributed by atoms with Crippen LogP contribution < -0.4 is 5.32 Å². The molecule has 3 aromatic carbocycles. The van der Waals surface area contributed by atoms with Crippen LogP contribution in [0.1, 0.15) is 38.8 Å². The van der Waals surface area contributed by atoms with E-state index in [4.69, 9.17) is 0 Å². The summed E-state index contributed by atoms with van der Waals surface area (Å²) >= 11 is 0. The van der Waals surface area contributed by atoms with Gasteiger partial charge in [0.25, 0.3) is 5.91 Å². The van der Waals surface area contributed by atoms with Crippen molar-refractivity contribution in [3.63, 3.8) is 0 Å². The van der Waals surface area contributed by atoms with Gasteiger partial charge in [-0.05, 0) is 42.5 Å². The Morgan fingerprint density at radius 2 is 1.46 bits per heavy atom. The summed E-state index contributed by atoms with van der Waals surface area (Å²) in [6.45, 7) is 1.58.